The number of nitrogens with two attached hydrogens (primary N) is 1. The van der Waals surface area contributed by atoms with Crippen molar-refractivity contribution in [1.29, 1.82) is 0 Å². The molecule has 90 valence electrons. The molecule has 5 nitrogen and oxygen atoms in total. The number of carbonyl (C=O) groups is 1. The second-order valence-electron chi connectivity index (χ2n) is 4.05. The monoisotopic (exact) mass is 234 g/mol. The van der Waals surface area contributed by atoms with Crippen LogP contribution in [0.15, 0.2) is 18.2 Å². The van der Waals surface area contributed by atoms with Gasteiger partial charge in [-0.15, -0.1) is 0 Å². The van der Waals surface area contributed by atoms with E-state index in [-0.39, 0.29) is 5.75 Å². The maximum Gasteiger partial charge on any atom is 0.325 e. The first-order valence-corrected chi connectivity index (χ1v) is 5.20. The Hall–Kier alpha value is -2.01. The fourth-order valence-corrected chi connectivity index (χ4v) is 2.13. The van der Waals surface area contributed by atoms with Gasteiger partial charge in [-0.05, 0) is 19.1 Å². The summed E-state index contributed by atoms with van der Waals surface area (Å²) in [4.78, 5) is 11.0. The van der Waals surface area contributed by atoms with Crippen LogP contribution in [0.25, 0.3) is 10.9 Å². The van der Waals surface area contributed by atoms with E-state index >= 15 is 0 Å². The highest BCUT2D eigenvalue weighted by Crippen LogP contribution is 2.35. The fraction of sp³-hybridized carbons (Fsp3) is 0.250. The van der Waals surface area contributed by atoms with Gasteiger partial charge >= 0.3 is 5.97 Å². The average molecular weight is 234 g/mol. The maximum absolute atomic E-state index is 11.0. The van der Waals surface area contributed by atoms with Crippen molar-refractivity contribution in [3.8, 4) is 5.75 Å². The number of carboxylic acids is 1. The van der Waals surface area contributed by atoms with E-state index in [9.17, 15) is 9.90 Å². The summed E-state index contributed by atoms with van der Waals surface area (Å²) in [6, 6.07) is 3.93. The molecule has 0 saturated heterocycles. The Kier molecular flexibility index (Phi) is 2.55. The summed E-state index contributed by atoms with van der Waals surface area (Å²) in [6.07, 6.45) is 0. The van der Waals surface area contributed by atoms with Crippen LogP contribution in [0.5, 0.6) is 5.75 Å². The number of hydrogen-bond acceptors (Lipinski definition) is 3. The molecule has 4 N–H and O–H groups in total. The normalized spacial score (nSPS) is 12.9. The summed E-state index contributed by atoms with van der Waals surface area (Å²) < 4.78 is 1.83. The summed E-state index contributed by atoms with van der Waals surface area (Å²) in [6.45, 7) is 1.79. The zero-order chi connectivity index (χ0) is 12.7. The standard InChI is InChI=1S/C12H14N2O3/c1-6-9(11(13)12(16)17)10-7(14(6)2)4-3-5-8(10)15/h3-5,11,15H,13H2,1-2H3,(H,16,17). The number of rotatable bonds is 2. The quantitative estimate of drug-likeness (QED) is 0.730. The molecule has 0 aliphatic rings. The number of hydrogen-bond donors (Lipinski definition) is 3. The van der Waals surface area contributed by atoms with Gasteiger partial charge in [0.2, 0.25) is 0 Å². The molecule has 0 aliphatic heterocycles. The van der Waals surface area contributed by atoms with Crippen molar-refractivity contribution in [1.82, 2.24) is 4.57 Å². The summed E-state index contributed by atoms with van der Waals surface area (Å²) >= 11 is 0. The van der Waals surface area contributed by atoms with E-state index in [1.807, 2.05) is 17.7 Å². The van der Waals surface area contributed by atoms with Crippen molar-refractivity contribution < 1.29 is 15.0 Å². The van der Waals surface area contributed by atoms with Gasteiger partial charge in [0.05, 0.1) is 5.52 Å². The summed E-state index contributed by atoms with van der Waals surface area (Å²) in [5.74, 6) is -1.05. The molecule has 0 bridgehead atoms. The van der Waals surface area contributed by atoms with E-state index in [0.29, 0.717) is 10.9 Å². The van der Waals surface area contributed by atoms with Crippen LogP contribution in [-0.4, -0.2) is 20.7 Å². The zero-order valence-electron chi connectivity index (χ0n) is 9.64. The summed E-state index contributed by atoms with van der Waals surface area (Å²) in [5, 5.41) is 19.4. The van der Waals surface area contributed by atoms with Gasteiger partial charge in [-0.2, -0.15) is 0 Å². The fourth-order valence-electron chi connectivity index (χ4n) is 2.13. The SMILES string of the molecule is Cc1c(C(N)C(=O)O)c2c(O)cccc2n1C. The third-order valence-corrected chi connectivity index (χ3v) is 3.12. The highest BCUT2D eigenvalue weighted by molar-refractivity contribution is 5.94. The lowest BCUT2D eigenvalue weighted by Gasteiger charge is -2.07. The molecule has 0 fully saturated rings. The van der Waals surface area contributed by atoms with Crippen LogP contribution >= 0.6 is 0 Å². The largest absolute Gasteiger partial charge is 0.507 e. The Morgan fingerprint density at radius 2 is 2.12 bits per heavy atom. The van der Waals surface area contributed by atoms with Crippen molar-refractivity contribution in [2.75, 3.05) is 0 Å². The highest BCUT2D eigenvalue weighted by atomic mass is 16.4. The molecule has 0 saturated carbocycles. The molecule has 1 aromatic carbocycles. The van der Waals surface area contributed by atoms with Gasteiger partial charge in [0, 0.05) is 23.7 Å². The molecule has 17 heavy (non-hydrogen) atoms. The van der Waals surface area contributed by atoms with Crippen LogP contribution in [0.4, 0.5) is 0 Å². The minimum atomic E-state index is -1.13. The van der Waals surface area contributed by atoms with Gasteiger partial charge in [-0.3, -0.25) is 4.79 Å². The smallest absolute Gasteiger partial charge is 0.325 e. The Morgan fingerprint density at radius 1 is 1.47 bits per heavy atom. The first kappa shape index (κ1) is 11.5. The van der Waals surface area contributed by atoms with E-state index in [4.69, 9.17) is 10.8 Å². The number of aromatic hydroxyl groups is 1. The minimum absolute atomic E-state index is 0.0536. The second kappa shape index (κ2) is 3.78. The van der Waals surface area contributed by atoms with Crippen molar-refractivity contribution in [2.24, 2.45) is 12.8 Å². The van der Waals surface area contributed by atoms with Crippen LogP contribution in [0, 0.1) is 6.92 Å². The topological polar surface area (TPSA) is 88.5 Å². The molecule has 2 aromatic rings. The molecular formula is C12H14N2O3. The Morgan fingerprint density at radius 3 is 2.71 bits per heavy atom. The Balaban J connectivity index is 2.87. The van der Waals surface area contributed by atoms with Gasteiger partial charge in [0.1, 0.15) is 11.8 Å². The lowest BCUT2D eigenvalue weighted by molar-refractivity contribution is -0.138. The van der Waals surface area contributed by atoms with E-state index in [2.05, 4.69) is 0 Å². The second-order valence-corrected chi connectivity index (χ2v) is 4.05. The molecule has 1 aromatic heterocycles. The van der Waals surface area contributed by atoms with Crippen LogP contribution in [0.3, 0.4) is 0 Å². The van der Waals surface area contributed by atoms with Crippen LogP contribution in [0.1, 0.15) is 17.3 Å². The number of fused-ring (bicyclic) bond motifs is 1. The number of aliphatic carboxylic acids is 1. The third-order valence-electron chi connectivity index (χ3n) is 3.12. The molecule has 0 aliphatic carbocycles. The van der Waals surface area contributed by atoms with Gasteiger partial charge in [0.15, 0.2) is 0 Å². The number of nitrogens with zero attached hydrogens (tertiary/aromatic N) is 1. The third kappa shape index (κ3) is 1.55. The van der Waals surface area contributed by atoms with Gasteiger partial charge in [-0.25, -0.2) is 0 Å². The van der Waals surface area contributed by atoms with E-state index in [1.54, 1.807) is 13.0 Å². The van der Waals surface area contributed by atoms with Gasteiger partial charge in [0.25, 0.3) is 0 Å². The Labute approximate surface area is 98.1 Å². The molecule has 0 radical (unpaired) electrons. The van der Waals surface area contributed by atoms with Crippen LogP contribution in [0.2, 0.25) is 0 Å². The zero-order valence-corrected chi connectivity index (χ0v) is 9.64. The van der Waals surface area contributed by atoms with Crippen molar-refractivity contribution in [2.45, 2.75) is 13.0 Å². The molecular weight excluding hydrogens is 220 g/mol. The van der Waals surface area contributed by atoms with Gasteiger partial charge < -0.3 is 20.5 Å². The number of carboxylic acid groups (broad SMARTS) is 1. The first-order valence-electron chi connectivity index (χ1n) is 5.20. The average Bonchev–Trinajstić information content (AvgIpc) is 2.53. The van der Waals surface area contributed by atoms with E-state index in [0.717, 1.165) is 11.2 Å². The van der Waals surface area contributed by atoms with E-state index < -0.39 is 12.0 Å². The highest BCUT2D eigenvalue weighted by Gasteiger charge is 2.24. The number of phenolic OH excluding ortho intramolecular Hbond substituents is 1. The number of phenols is 1. The molecule has 1 atom stereocenters. The molecule has 1 heterocycles. The lowest BCUT2D eigenvalue weighted by Crippen LogP contribution is -2.21. The first-order chi connectivity index (χ1) is 7.95. The van der Waals surface area contributed by atoms with Crippen LogP contribution < -0.4 is 5.73 Å². The van der Waals surface area contributed by atoms with Crippen LogP contribution in [-0.2, 0) is 11.8 Å². The number of benzene rings is 1. The maximum atomic E-state index is 11.0. The number of aromatic nitrogens is 1. The van der Waals surface area contributed by atoms with Gasteiger partial charge in [-0.1, -0.05) is 6.07 Å². The summed E-state index contributed by atoms with van der Waals surface area (Å²) in [7, 11) is 1.81. The molecule has 0 spiro atoms. The molecule has 1 unspecified atom stereocenters. The Bertz CT molecular complexity index is 601. The number of aryl methyl sites for hydroxylation is 1. The molecule has 2 rings (SSSR count). The van der Waals surface area contributed by atoms with Crippen molar-refractivity contribution in [3.63, 3.8) is 0 Å². The van der Waals surface area contributed by atoms with Crippen molar-refractivity contribution >= 4 is 16.9 Å². The predicted octanol–water partition coefficient (Wildman–Crippen LogP) is 1.28. The summed E-state index contributed by atoms with van der Waals surface area (Å²) in [5.41, 5.74) is 7.65. The van der Waals surface area contributed by atoms with E-state index in [1.165, 1.54) is 6.07 Å². The molecule has 5 heteroatoms. The van der Waals surface area contributed by atoms with Crippen molar-refractivity contribution in [3.05, 3.63) is 29.5 Å². The predicted molar refractivity (Wildman–Crippen MR) is 63.9 cm³/mol. The minimum Gasteiger partial charge on any atom is -0.507 e. The molecule has 0 amide bonds. The lowest BCUT2D eigenvalue weighted by atomic mass is 10.0.